The van der Waals surface area contributed by atoms with Crippen LogP contribution in [-0.2, 0) is 13.6 Å². The fourth-order valence-corrected chi connectivity index (χ4v) is 1.73. The van der Waals surface area contributed by atoms with Gasteiger partial charge in [-0.1, -0.05) is 19.1 Å². The molecule has 8 heteroatoms. The number of nitrogens with zero attached hydrogens (tertiary/aromatic N) is 5. The van der Waals surface area contributed by atoms with E-state index < -0.39 is 6.10 Å². The monoisotopic (exact) mass is 266 g/mol. The fourth-order valence-electron chi connectivity index (χ4n) is 1.73. The van der Waals surface area contributed by atoms with Crippen molar-refractivity contribution in [1.82, 2.24) is 30.1 Å². The average molecular weight is 266 g/mol. The zero-order valence-corrected chi connectivity index (χ0v) is 11.2. The highest BCUT2D eigenvalue weighted by molar-refractivity contribution is 5.72. The normalized spacial score (nSPS) is 13.3. The van der Waals surface area contributed by atoms with Crippen LogP contribution in [0, 0.1) is 0 Å². The molecule has 0 saturated carbocycles. The van der Waals surface area contributed by atoms with Gasteiger partial charge in [-0.15, -0.1) is 5.10 Å². The third-order valence-electron chi connectivity index (χ3n) is 2.77. The highest BCUT2D eigenvalue weighted by Crippen LogP contribution is 2.01. The minimum absolute atomic E-state index is 0.108. The number of aryl methyl sites for hydroxylation is 1. The summed E-state index contributed by atoms with van der Waals surface area (Å²) in [6.07, 6.45) is 0.769. The Bertz CT molecular complexity index is 617. The van der Waals surface area contributed by atoms with Gasteiger partial charge in [0.15, 0.2) is 5.65 Å². The molecule has 2 N–H and O–H groups in total. The predicted molar refractivity (Wildman–Crippen MR) is 69.7 cm³/mol. The van der Waals surface area contributed by atoms with Gasteiger partial charge in [0.25, 0.3) is 5.56 Å². The summed E-state index contributed by atoms with van der Waals surface area (Å²) in [7, 11) is 1.70. The molecule has 1 unspecified atom stereocenters. The van der Waals surface area contributed by atoms with E-state index in [0.29, 0.717) is 17.6 Å². The topological polar surface area (TPSA) is 97.9 Å². The third kappa shape index (κ3) is 2.96. The maximum atomic E-state index is 12.1. The first-order valence-electron chi connectivity index (χ1n) is 6.16. The summed E-state index contributed by atoms with van der Waals surface area (Å²) in [6.45, 7) is 4.48. The quantitative estimate of drug-likeness (QED) is 0.711. The number of hydrogen-bond acceptors (Lipinski definition) is 6. The first-order valence-corrected chi connectivity index (χ1v) is 6.16. The Balaban J connectivity index is 2.17. The Labute approximate surface area is 110 Å². The number of rotatable bonds is 5. The molecule has 0 amide bonds. The highest BCUT2D eigenvalue weighted by Gasteiger charge is 2.12. The molecule has 0 bridgehead atoms. The van der Waals surface area contributed by atoms with Crippen LogP contribution in [0.5, 0.6) is 0 Å². The van der Waals surface area contributed by atoms with Crippen molar-refractivity contribution >= 4 is 11.0 Å². The summed E-state index contributed by atoms with van der Waals surface area (Å²) in [5.74, 6) is 0. The van der Waals surface area contributed by atoms with Crippen LogP contribution >= 0.6 is 0 Å². The Kier molecular flexibility index (Phi) is 3.91. The lowest BCUT2D eigenvalue weighted by molar-refractivity contribution is 0.141. The van der Waals surface area contributed by atoms with Crippen molar-refractivity contribution in [2.24, 2.45) is 7.05 Å². The van der Waals surface area contributed by atoms with Crippen molar-refractivity contribution in [3.8, 4) is 0 Å². The van der Waals surface area contributed by atoms with Gasteiger partial charge in [-0.05, 0) is 0 Å². The fraction of sp³-hybridized carbons (Fsp3) is 0.636. The number of fused-ring (bicyclic) bond motifs is 1. The minimum atomic E-state index is -0.691. The SMILES string of the molecule is CC(C)NCC(O)Cn1nnc2c(cnn2C)c1=O. The summed E-state index contributed by atoms with van der Waals surface area (Å²) >= 11 is 0. The van der Waals surface area contributed by atoms with Gasteiger partial charge in [0.2, 0.25) is 0 Å². The van der Waals surface area contributed by atoms with E-state index in [9.17, 15) is 9.90 Å². The van der Waals surface area contributed by atoms with E-state index in [4.69, 9.17) is 0 Å². The van der Waals surface area contributed by atoms with Crippen molar-refractivity contribution in [3.63, 3.8) is 0 Å². The minimum Gasteiger partial charge on any atom is -0.390 e. The maximum absolute atomic E-state index is 12.1. The summed E-state index contributed by atoms with van der Waals surface area (Å²) in [4.78, 5) is 12.1. The van der Waals surface area contributed by atoms with Gasteiger partial charge in [0, 0.05) is 19.6 Å². The summed E-state index contributed by atoms with van der Waals surface area (Å²) in [5.41, 5.74) is 0.151. The molecule has 0 saturated heterocycles. The second-order valence-electron chi connectivity index (χ2n) is 4.80. The summed E-state index contributed by atoms with van der Waals surface area (Å²) in [5, 5.41) is 25.0. The maximum Gasteiger partial charge on any atom is 0.280 e. The van der Waals surface area contributed by atoms with Gasteiger partial charge in [-0.25, -0.2) is 9.36 Å². The van der Waals surface area contributed by atoms with Crippen molar-refractivity contribution in [3.05, 3.63) is 16.6 Å². The Hall–Kier alpha value is -1.80. The van der Waals surface area contributed by atoms with E-state index in [1.807, 2.05) is 13.8 Å². The van der Waals surface area contributed by atoms with Crippen LogP contribution in [0.3, 0.4) is 0 Å². The van der Waals surface area contributed by atoms with Crippen LogP contribution in [0.25, 0.3) is 11.0 Å². The Morgan fingerprint density at radius 3 is 2.89 bits per heavy atom. The molecule has 0 radical (unpaired) electrons. The van der Waals surface area contributed by atoms with E-state index in [0.717, 1.165) is 4.68 Å². The van der Waals surface area contributed by atoms with Gasteiger partial charge in [-0.2, -0.15) is 5.10 Å². The molecule has 104 valence electrons. The molecule has 0 aromatic carbocycles. The van der Waals surface area contributed by atoms with Crippen molar-refractivity contribution in [2.45, 2.75) is 32.5 Å². The van der Waals surface area contributed by atoms with Gasteiger partial charge in [0.1, 0.15) is 5.39 Å². The molecule has 0 spiro atoms. The van der Waals surface area contributed by atoms with Gasteiger partial charge >= 0.3 is 0 Å². The molecule has 2 aromatic rings. The van der Waals surface area contributed by atoms with Gasteiger partial charge in [0.05, 0.1) is 18.8 Å². The van der Waals surface area contributed by atoms with Crippen LogP contribution < -0.4 is 10.9 Å². The first kappa shape index (κ1) is 13.6. The molecule has 8 nitrogen and oxygen atoms in total. The number of nitrogens with one attached hydrogen (secondary N) is 1. The van der Waals surface area contributed by atoms with Gasteiger partial charge in [-0.3, -0.25) is 4.79 Å². The van der Waals surface area contributed by atoms with Crippen LogP contribution in [-0.4, -0.2) is 48.6 Å². The summed E-state index contributed by atoms with van der Waals surface area (Å²) in [6, 6.07) is 0.276. The number of aliphatic hydroxyl groups excluding tert-OH is 1. The lowest BCUT2D eigenvalue weighted by Gasteiger charge is -2.14. The second-order valence-corrected chi connectivity index (χ2v) is 4.80. The molecular weight excluding hydrogens is 248 g/mol. The molecule has 2 rings (SSSR count). The highest BCUT2D eigenvalue weighted by atomic mass is 16.3. The van der Waals surface area contributed by atoms with E-state index in [1.54, 1.807) is 7.05 Å². The lowest BCUT2D eigenvalue weighted by Crippen LogP contribution is -2.37. The smallest absolute Gasteiger partial charge is 0.280 e. The van der Waals surface area contributed by atoms with Crippen molar-refractivity contribution in [2.75, 3.05) is 6.54 Å². The predicted octanol–water partition coefficient (Wildman–Crippen LogP) is -1.12. The van der Waals surface area contributed by atoms with E-state index in [2.05, 4.69) is 20.7 Å². The third-order valence-corrected chi connectivity index (χ3v) is 2.77. The Morgan fingerprint density at radius 1 is 1.47 bits per heavy atom. The van der Waals surface area contributed by atoms with Crippen LogP contribution in [0.15, 0.2) is 11.0 Å². The number of aliphatic hydroxyl groups is 1. The number of aromatic nitrogens is 5. The molecule has 0 fully saturated rings. The van der Waals surface area contributed by atoms with Crippen LogP contribution in [0.2, 0.25) is 0 Å². The standard InChI is InChI=1S/C11H18N6O2/c1-7(2)12-4-8(18)6-17-11(19)9-5-13-16(3)10(9)14-15-17/h5,7-8,12,18H,4,6H2,1-3H3. The van der Waals surface area contributed by atoms with Crippen LogP contribution in [0.1, 0.15) is 13.8 Å². The summed E-state index contributed by atoms with van der Waals surface area (Å²) < 4.78 is 2.65. The molecule has 0 aliphatic heterocycles. The van der Waals surface area contributed by atoms with Crippen LogP contribution in [0.4, 0.5) is 0 Å². The molecule has 2 aromatic heterocycles. The number of hydrogen-bond donors (Lipinski definition) is 2. The lowest BCUT2D eigenvalue weighted by atomic mass is 10.3. The molecular formula is C11H18N6O2. The second kappa shape index (κ2) is 5.45. The molecule has 2 heterocycles. The van der Waals surface area contributed by atoms with Gasteiger partial charge < -0.3 is 10.4 Å². The zero-order chi connectivity index (χ0) is 14.0. The van der Waals surface area contributed by atoms with Crippen molar-refractivity contribution in [1.29, 1.82) is 0 Å². The molecule has 1 atom stereocenters. The van der Waals surface area contributed by atoms with E-state index in [-0.39, 0.29) is 18.1 Å². The molecule has 0 aliphatic rings. The van der Waals surface area contributed by atoms with E-state index in [1.165, 1.54) is 10.9 Å². The largest absolute Gasteiger partial charge is 0.390 e. The molecule has 19 heavy (non-hydrogen) atoms. The van der Waals surface area contributed by atoms with Crippen molar-refractivity contribution < 1.29 is 5.11 Å². The zero-order valence-electron chi connectivity index (χ0n) is 11.2. The van der Waals surface area contributed by atoms with E-state index >= 15 is 0 Å². The molecule has 0 aliphatic carbocycles. The first-order chi connectivity index (χ1) is 8.99. The Morgan fingerprint density at radius 2 is 2.21 bits per heavy atom. The average Bonchev–Trinajstić information content (AvgIpc) is 2.73.